The van der Waals surface area contributed by atoms with Crippen LogP contribution in [-0.4, -0.2) is 7.05 Å². The molecule has 0 radical (unpaired) electrons. The molecule has 0 aromatic heterocycles. The molecule has 20 heavy (non-hydrogen) atoms. The summed E-state index contributed by atoms with van der Waals surface area (Å²) in [7, 11) is 1.86. The van der Waals surface area contributed by atoms with Crippen LogP contribution in [0, 0.1) is 12.7 Å². The van der Waals surface area contributed by atoms with Gasteiger partial charge in [0, 0.05) is 12.1 Å². The van der Waals surface area contributed by atoms with Crippen molar-refractivity contribution < 1.29 is 9.13 Å². The third-order valence-electron chi connectivity index (χ3n) is 3.10. The van der Waals surface area contributed by atoms with Crippen molar-refractivity contribution in [1.82, 2.24) is 5.32 Å². The van der Waals surface area contributed by atoms with Crippen LogP contribution in [0.5, 0.6) is 5.75 Å². The monoisotopic (exact) mass is 293 g/mol. The third-order valence-corrected chi connectivity index (χ3v) is 3.40. The lowest BCUT2D eigenvalue weighted by molar-refractivity contribution is 0.301. The minimum Gasteiger partial charge on any atom is -0.487 e. The van der Waals surface area contributed by atoms with Crippen LogP contribution in [0.15, 0.2) is 36.4 Å². The topological polar surface area (TPSA) is 21.3 Å². The maximum Gasteiger partial charge on any atom is 0.142 e. The van der Waals surface area contributed by atoms with Gasteiger partial charge < -0.3 is 10.1 Å². The standard InChI is InChI=1S/C16H17ClFNO/c1-11-6-7-14(18)8-13(11)10-20-16-12(9-19-2)4-3-5-15(16)17/h3-8,19H,9-10H2,1-2H3. The van der Waals surface area contributed by atoms with Crippen molar-refractivity contribution in [2.45, 2.75) is 20.1 Å². The van der Waals surface area contributed by atoms with Crippen LogP contribution in [0.2, 0.25) is 5.02 Å². The molecule has 2 rings (SSSR count). The van der Waals surface area contributed by atoms with E-state index < -0.39 is 0 Å². The Balaban J connectivity index is 2.20. The second kappa shape index (κ2) is 6.73. The molecular formula is C16H17ClFNO. The molecule has 2 aromatic carbocycles. The first-order chi connectivity index (χ1) is 9.61. The van der Waals surface area contributed by atoms with E-state index in [1.807, 2.05) is 26.1 Å². The molecule has 0 saturated heterocycles. The van der Waals surface area contributed by atoms with Gasteiger partial charge in [0.05, 0.1) is 5.02 Å². The van der Waals surface area contributed by atoms with Crippen molar-refractivity contribution in [1.29, 1.82) is 0 Å². The van der Waals surface area contributed by atoms with E-state index in [4.69, 9.17) is 16.3 Å². The van der Waals surface area contributed by atoms with Gasteiger partial charge in [0.15, 0.2) is 0 Å². The average Bonchev–Trinajstić information content (AvgIpc) is 2.42. The summed E-state index contributed by atoms with van der Waals surface area (Å²) in [6.07, 6.45) is 0. The molecule has 106 valence electrons. The fraction of sp³-hybridized carbons (Fsp3) is 0.250. The lowest BCUT2D eigenvalue weighted by atomic mass is 10.1. The minimum atomic E-state index is -0.260. The van der Waals surface area contributed by atoms with Crippen LogP contribution in [0.25, 0.3) is 0 Å². The van der Waals surface area contributed by atoms with Crippen LogP contribution in [0.1, 0.15) is 16.7 Å². The minimum absolute atomic E-state index is 0.260. The lowest BCUT2D eigenvalue weighted by Crippen LogP contribution is -2.08. The van der Waals surface area contributed by atoms with Gasteiger partial charge in [-0.25, -0.2) is 4.39 Å². The highest BCUT2D eigenvalue weighted by Crippen LogP contribution is 2.29. The largest absolute Gasteiger partial charge is 0.487 e. The molecule has 1 N–H and O–H groups in total. The summed E-state index contributed by atoms with van der Waals surface area (Å²) in [4.78, 5) is 0. The van der Waals surface area contributed by atoms with Gasteiger partial charge in [-0.15, -0.1) is 0 Å². The summed E-state index contributed by atoms with van der Waals surface area (Å²) in [5.41, 5.74) is 2.79. The van der Waals surface area contributed by atoms with E-state index in [2.05, 4.69) is 5.32 Å². The van der Waals surface area contributed by atoms with Crippen LogP contribution in [0.4, 0.5) is 4.39 Å². The molecule has 0 atom stereocenters. The fourth-order valence-electron chi connectivity index (χ4n) is 1.99. The van der Waals surface area contributed by atoms with Gasteiger partial charge >= 0.3 is 0 Å². The highest BCUT2D eigenvalue weighted by atomic mass is 35.5. The molecule has 0 aliphatic carbocycles. The number of nitrogens with one attached hydrogen (secondary N) is 1. The Hall–Kier alpha value is -1.58. The first-order valence-electron chi connectivity index (χ1n) is 6.41. The van der Waals surface area contributed by atoms with Gasteiger partial charge in [-0.1, -0.05) is 29.8 Å². The van der Waals surface area contributed by atoms with Gasteiger partial charge in [-0.05, 0) is 43.3 Å². The average molecular weight is 294 g/mol. The molecule has 0 fully saturated rings. The molecule has 0 aliphatic heterocycles. The van der Waals surface area contributed by atoms with E-state index in [1.54, 1.807) is 12.1 Å². The second-order valence-corrected chi connectivity index (χ2v) is 5.03. The van der Waals surface area contributed by atoms with E-state index in [0.29, 0.717) is 23.9 Å². The highest BCUT2D eigenvalue weighted by molar-refractivity contribution is 6.32. The maximum absolute atomic E-state index is 13.3. The number of benzene rings is 2. The molecule has 0 aliphatic rings. The molecule has 0 spiro atoms. The third kappa shape index (κ3) is 3.50. The lowest BCUT2D eigenvalue weighted by Gasteiger charge is -2.14. The van der Waals surface area contributed by atoms with E-state index in [9.17, 15) is 4.39 Å². The Bertz CT molecular complexity index is 601. The van der Waals surface area contributed by atoms with Crippen molar-refractivity contribution in [2.75, 3.05) is 7.05 Å². The molecule has 0 heterocycles. The van der Waals surface area contributed by atoms with Crippen LogP contribution < -0.4 is 10.1 Å². The molecular weight excluding hydrogens is 277 g/mol. The normalized spacial score (nSPS) is 10.6. The van der Waals surface area contributed by atoms with Gasteiger partial charge in [0.25, 0.3) is 0 Å². The van der Waals surface area contributed by atoms with Gasteiger partial charge in [0.1, 0.15) is 18.2 Å². The summed E-state index contributed by atoms with van der Waals surface area (Å²) in [5.74, 6) is 0.385. The van der Waals surface area contributed by atoms with Crippen LogP contribution in [0.3, 0.4) is 0 Å². The Morgan fingerprint density at radius 1 is 1.20 bits per heavy atom. The zero-order chi connectivity index (χ0) is 14.5. The molecule has 2 aromatic rings. The number of rotatable bonds is 5. The molecule has 4 heteroatoms. The molecule has 0 amide bonds. The predicted molar refractivity (Wildman–Crippen MR) is 79.7 cm³/mol. The number of halogens is 2. The van der Waals surface area contributed by atoms with E-state index in [1.165, 1.54) is 12.1 Å². The van der Waals surface area contributed by atoms with Gasteiger partial charge in [-0.2, -0.15) is 0 Å². The molecule has 0 unspecified atom stereocenters. The number of hydrogen-bond donors (Lipinski definition) is 1. The van der Waals surface area contributed by atoms with Crippen LogP contribution >= 0.6 is 11.6 Å². The Labute approximate surface area is 123 Å². The zero-order valence-electron chi connectivity index (χ0n) is 11.5. The van der Waals surface area contributed by atoms with Crippen molar-refractivity contribution in [3.63, 3.8) is 0 Å². The first-order valence-corrected chi connectivity index (χ1v) is 6.79. The SMILES string of the molecule is CNCc1cccc(Cl)c1OCc1cc(F)ccc1C. The summed E-state index contributed by atoms with van der Waals surface area (Å²) in [6, 6.07) is 10.3. The van der Waals surface area contributed by atoms with Crippen molar-refractivity contribution in [3.8, 4) is 5.75 Å². The van der Waals surface area contributed by atoms with E-state index in [0.717, 1.165) is 16.7 Å². The maximum atomic E-state index is 13.3. The van der Waals surface area contributed by atoms with Crippen molar-refractivity contribution in [2.24, 2.45) is 0 Å². The zero-order valence-corrected chi connectivity index (χ0v) is 12.3. The Kier molecular flexibility index (Phi) is 4.99. The number of aryl methyl sites for hydroxylation is 1. The predicted octanol–water partition coefficient (Wildman–Crippen LogP) is 4.09. The fourth-order valence-corrected chi connectivity index (χ4v) is 2.24. The number of ether oxygens (including phenoxy) is 1. The van der Waals surface area contributed by atoms with Crippen LogP contribution in [-0.2, 0) is 13.2 Å². The van der Waals surface area contributed by atoms with Gasteiger partial charge in [-0.3, -0.25) is 0 Å². The summed E-state index contributed by atoms with van der Waals surface area (Å²) < 4.78 is 19.1. The van der Waals surface area contributed by atoms with E-state index >= 15 is 0 Å². The number of para-hydroxylation sites is 1. The van der Waals surface area contributed by atoms with E-state index in [-0.39, 0.29) is 5.82 Å². The molecule has 0 bridgehead atoms. The quantitative estimate of drug-likeness (QED) is 0.896. The summed E-state index contributed by atoms with van der Waals surface area (Å²) in [5, 5.41) is 3.63. The molecule has 2 nitrogen and oxygen atoms in total. The smallest absolute Gasteiger partial charge is 0.142 e. The second-order valence-electron chi connectivity index (χ2n) is 4.62. The van der Waals surface area contributed by atoms with Gasteiger partial charge in [0.2, 0.25) is 0 Å². The first kappa shape index (κ1) is 14.8. The van der Waals surface area contributed by atoms with Crippen molar-refractivity contribution >= 4 is 11.6 Å². The number of hydrogen-bond acceptors (Lipinski definition) is 2. The van der Waals surface area contributed by atoms with Crippen molar-refractivity contribution in [3.05, 3.63) is 63.9 Å². The highest BCUT2D eigenvalue weighted by Gasteiger charge is 2.09. The summed E-state index contributed by atoms with van der Waals surface area (Å²) in [6.45, 7) is 2.89. The Morgan fingerprint density at radius 2 is 2.00 bits per heavy atom. The molecule has 0 saturated carbocycles. The summed E-state index contributed by atoms with van der Waals surface area (Å²) >= 11 is 6.18. The Morgan fingerprint density at radius 3 is 2.75 bits per heavy atom.